The normalized spacial score (nSPS) is 11.0. The zero-order chi connectivity index (χ0) is 15.4. The molecule has 0 aliphatic carbocycles. The number of aliphatic carboxylic acids is 1. The van der Waals surface area contributed by atoms with E-state index >= 15 is 0 Å². The molecule has 1 N–H and O–H groups in total. The highest BCUT2D eigenvalue weighted by molar-refractivity contribution is 9.11. The van der Waals surface area contributed by atoms with Gasteiger partial charge in [0.05, 0.1) is 8.95 Å². The van der Waals surface area contributed by atoms with Crippen molar-refractivity contribution in [2.45, 2.75) is 13.5 Å². The Morgan fingerprint density at radius 3 is 2.62 bits per heavy atom. The Kier molecular flexibility index (Phi) is 5.13. The fraction of sp³-hybridized carbons (Fsp3) is 0.154. The molecule has 0 aliphatic rings. The minimum absolute atomic E-state index is 0.141. The summed E-state index contributed by atoms with van der Waals surface area (Å²) in [6.45, 7) is 1.87. The number of carboxylic acids is 1. The van der Waals surface area contributed by atoms with Gasteiger partial charge in [0.2, 0.25) is 0 Å². The van der Waals surface area contributed by atoms with Crippen LogP contribution in [0.4, 0.5) is 0 Å². The number of hydrogen-bond donors (Lipinski definition) is 1. The number of hydrogen-bond acceptors (Lipinski definition) is 5. The van der Waals surface area contributed by atoms with Crippen LogP contribution in [0.1, 0.15) is 17.3 Å². The first-order valence-electron chi connectivity index (χ1n) is 5.77. The molecule has 0 radical (unpaired) electrons. The molecule has 21 heavy (non-hydrogen) atoms. The molecule has 1 aromatic carbocycles. The lowest BCUT2D eigenvalue weighted by Gasteiger charge is -2.09. The maximum absolute atomic E-state index is 10.5. The lowest BCUT2D eigenvalue weighted by Crippen LogP contribution is -1.98. The summed E-state index contributed by atoms with van der Waals surface area (Å²) in [7, 11) is 0. The van der Waals surface area contributed by atoms with Gasteiger partial charge in [0, 0.05) is 6.08 Å². The third-order valence-corrected chi connectivity index (χ3v) is 3.53. The van der Waals surface area contributed by atoms with Crippen LogP contribution in [0.25, 0.3) is 6.08 Å². The molecule has 0 atom stereocenters. The van der Waals surface area contributed by atoms with Crippen molar-refractivity contribution >= 4 is 43.9 Å². The second-order valence-corrected chi connectivity index (χ2v) is 5.72. The molecule has 2 aromatic rings. The smallest absolute Gasteiger partial charge is 0.328 e. The second kappa shape index (κ2) is 6.86. The molecule has 8 heteroatoms. The molecule has 0 bridgehead atoms. The van der Waals surface area contributed by atoms with Crippen molar-refractivity contribution in [2.24, 2.45) is 0 Å². The van der Waals surface area contributed by atoms with Crippen molar-refractivity contribution in [2.75, 3.05) is 0 Å². The van der Waals surface area contributed by atoms with Crippen molar-refractivity contribution in [3.8, 4) is 5.75 Å². The topological polar surface area (TPSA) is 85.5 Å². The average molecular weight is 418 g/mol. The van der Waals surface area contributed by atoms with Crippen molar-refractivity contribution in [1.82, 2.24) is 10.1 Å². The molecule has 0 unspecified atom stereocenters. The van der Waals surface area contributed by atoms with E-state index < -0.39 is 5.97 Å². The SMILES string of the molecule is Cc1noc(COc2c(Br)cc(/C=C/C(=O)O)cc2Br)n1. The number of carboxylic acid groups (broad SMARTS) is 1. The van der Waals surface area contributed by atoms with Gasteiger partial charge in [0.1, 0.15) is 5.75 Å². The maximum Gasteiger partial charge on any atom is 0.328 e. The zero-order valence-electron chi connectivity index (χ0n) is 10.8. The number of aromatic nitrogens is 2. The second-order valence-electron chi connectivity index (χ2n) is 4.01. The van der Waals surface area contributed by atoms with Crippen LogP contribution in [0, 0.1) is 6.92 Å². The Bertz CT molecular complexity index is 674. The molecule has 0 saturated heterocycles. The van der Waals surface area contributed by atoms with E-state index in [1.807, 2.05) is 0 Å². The average Bonchev–Trinajstić information content (AvgIpc) is 2.81. The van der Waals surface area contributed by atoms with Crippen LogP contribution in [-0.4, -0.2) is 21.2 Å². The van der Waals surface area contributed by atoms with Crippen molar-refractivity contribution in [3.05, 3.63) is 44.4 Å². The number of aryl methyl sites for hydroxylation is 1. The molecule has 0 saturated carbocycles. The molecule has 2 rings (SSSR count). The first kappa shape index (κ1) is 15.7. The van der Waals surface area contributed by atoms with Gasteiger partial charge >= 0.3 is 5.97 Å². The maximum atomic E-state index is 10.5. The summed E-state index contributed by atoms with van der Waals surface area (Å²) in [6, 6.07) is 3.50. The molecular formula is C13H10Br2N2O4. The standard InChI is InChI=1S/C13H10Br2N2O4/c1-7-16-11(21-17-7)6-20-13-9(14)4-8(5-10(13)15)2-3-12(18)19/h2-5H,6H2,1H3,(H,18,19)/b3-2+. The van der Waals surface area contributed by atoms with E-state index in [1.165, 1.54) is 6.08 Å². The fourth-order valence-electron chi connectivity index (χ4n) is 1.51. The predicted molar refractivity (Wildman–Crippen MR) is 81.9 cm³/mol. The van der Waals surface area contributed by atoms with Gasteiger partial charge in [-0.25, -0.2) is 4.79 Å². The molecule has 0 spiro atoms. The molecule has 110 valence electrons. The van der Waals surface area contributed by atoms with E-state index in [-0.39, 0.29) is 6.61 Å². The van der Waals surface area contributed by atoms with Crippen molar-refractivity contribution in [3.63, 3.8) is 0 Å². The Balaban J connectivity index is 2.15. The number of carbonyl (C=O) groups is 1. The van der Waals surface area contributed by atoms with Crippen LogP contribution in [0.2, 0.25) is 0 Å². The Morgan fingerprint density at radius 2 is 2.10 bits per heavy atom. The summed E-state index contributed by atoms with van der Waals surface area (Å²) >= 11 is 6.76. The molecule has 0 amide bonds. The van der Waals surface area contributed by atoms with Gasteiger partial charge in [-0.2, -0.15) is 4.98 Å². The highest BCUT2D eigenvalue weighted by Crippen LogP contribution is 2.35. The quantitative estimate of drug-likeness (QED) is 0.748. The first-order valence-corrected chi connectivity index (χ1v) is 7.36. The molecule has 1 heterocycles. The highest BCUT2D eigenvalue weighted by atomic mass is 79.9. The Morgan fingerprint density at radius 1 is 1.43 bits per heavy atom. The van der Waals surface area contributed by atoms with Crippen LogP contribution in [0.15, 0.2) is 31.7 Å². The van der Waals surface area contributed by atoms with Crippen LogP contribution in [0.5, 0.6) is 5.75 Å². The van der Waals surface area contributed by atoms with E-state index in [1.54, 1.807) is 19.1 Å². The largest absolute Gasteiger partial charge is 0.481 e. The lowest BCUT2D eigenvalue weighted by atomic mass is 10.2. The lowest BCUT2D eigenvalue weighted by molar-refractivity contribution is -0.131. The number of ether oxygens (including phenoxy) is 1. The predicted octanol–water partition coefficient (Wildman–Crippen LogP) is 3.58. The van der Waals surface area contributed by atoms with Crippen LogP contribution in [-0.2, 0) is 11.4 Å². The van der Waals surface area contributed by atoms with E-state index in [2.05, 4.69) is 42.0 Å². The van der Waals surface area contributed by atoms with Crippen LogP contribution >= 0.6 is 31.9 Å². The van der Waals surface area contributed by atoms with Gasteiger partial charge in [-0.05, 0) is 62.6 Å². The van der Waals surface area contributed by atoms with E-state index in [0.29, 0.717) is 26.4 Å². The van der Waals surface area contributed by atoms with Gasteiger partial charge in [-0.1, -0.05) is 5.16 Å². The Labute approximate surface area is 137 Å². The molecule has 0 aliphatic heterocycles. The Hall–Kier alpha value is -1.67. The van der Waals surface area contributed by atoms with E-state index in [0.717, 1.165) is 11.6 Å². The third-order valence-electron chi connectivity index (χ3n) is 2.35. The first-order chi connectivity index (χ1) is 9.95. The number of nitrogens with zero attached hydrogens (tertiary/aromatic N) is 2. The minimum Gasteiger partial charge on any atom is -0.481 e. The molecule has 6 nitrogen and oxygen atoms in total. The summed E-state index contributed by atoms with van der Waals surface area (Å²) in [5, 5.41) is 12.3. The highest BCUT2D eigenvalue weighted by Gasteiger charge is 2.11. The summed E-state index contributed by atoms with van der Waals surface area (Å²) < 4.78 is 11.9. The molecule has 0 fully saturated rings. The van der Waals surface area contributed by atoms with E-state index in [9.17, 15) is 4.79 Å². The summed E-state index contributed by atoms with van der Waals surface area (Å²) in [5.41, 5.74) is 0.720. The minimum atomic E-state index is -1.01. The van der Waals surface area contributed by atoms with Gasteiger partial charge < -0.3 is 14.4 Å². The molecule has 1 aromatic heterocycles. The van der Waals surface area contributed by atoms with Gasteiger partial charge in [-0.3, -0.25) is 0 Å². The van der Waals surface area contributed by atoms with E-state index in [4.69, 9.17) is 14.4 Å². The zero-order valence-corrected chi connectivity index (χ0v) is 14.0. The van der Waals surface area contributed by atoms with Gasteiger partial charge in [0.15, 0.2) is 12.4 Å². The number of rotatable bonds is 5. The fourth-order valence-corrected chi connectivity index (χ4v) is 2.96. The van der Waals surface area contributed by atoms with Crippen molar-refractivity contribution in [1.29, 1.82) is 0 Å². The third kappa shape index (κ3) is 4.40. The monoisotopic (exact) mass is 416 g/mol. The number of halogens is 2. The van der Waals surface area contributed by atoms with Crippen LogP contribution < -0.4 is 4.74 Å². The van der Waals surface area contributed by atoms with Crippen LogP contribution in [0.3, 0.4) is 0 Å². The van der Waals surface area contributed by atoms with Gasteiger partial charge in [0.25, 0.3) is 5.89 Å². The summed E-state index contributed by atoms with van der Waals surface area (Å²) in [5.74, 6) is 0.481. The summed E-state index contributed by atoms with van der Waals surface area (Å²) in [4.78, 5) is 14.6. The van der Waals surface area contributed by atoms with Crippen molar-refractivity contribution < 1.29 is 19.2 Å². The van der Waals surface area contributed by atoms with Gasteiger partial charge in [-0.15, -0.1) is 0 Å². The summed E-state index contributed by atoms with van der Waals surface area (Å²) in [6.07, 6.45) is 2.55. The molecular weight excluding hydrogens is 408 g/mol. The number of benzene rings is 1.